The van der Waals surface area contributed by atoms with Gasteiger partial charge in [0.2, 0.25) is 5.82 Å². The molecule has 9 heteroatoms. The van der Waals surface area contributed by atoms with Crippen LogP contribution in [0.3, 0.4) is 0 Å². The molecule has 1 heterocycles. The summed E-state index contributed by atoms with van der Waals surface area (Å²) >= 11 is 0. The van der Waals surface area contributed by atoms with Crippen LogP contribution < -0.4 is 5.73 Å². The van der Waals surface area contributed by atoms with E-state index in [1.165, 1.54) is 16.8 Å². The van der Waals surface area contributed by atoms with E-state index < -0.39 is 14.8 Å². The lowest BCUT2D eigenvalue weighted by Crippen LogP contribution is -2.12. The molecule has 0 bridgehead atoms. The lowest BCUT2D eigenvalue weighted by molar-refractivity contribution is -0.384. The highest BCUT2D eigenvalue weighted by Gasteiger charge is 2.21. The van der Waals surface area contributed by atoms with Crippen LogP contribution in [0.1, 0.15) is 18.5 Å². The third kappa shape index (κ3) is 2.87. The molecule has 0 aliphatic heterocycles. The van der Waals surface area contributed by atoms with Gasteiger partial charge < -0.3 is 5.73 Å². The molecule has 0 amide bonds. The van der Waals surface area contributed by atoms with E-state index in [4.69, 9.17) is 5.73 Å². The number of nitrogens with zero attached hydrogens (tertiary/aromatic N) is 3. The molecule has 1 aromatic heterocycles. The molecule has 1 aromatic carbocycles. The largest absolute Gasteiger partial charge is 0.378 e. The first kappa shape index (κ1) is 15.0. The van der Waals surface area contributed by atoms with Gasteiger partial charge in [0.1, 0.15) is 6.20 Å². The summed E-state index contributed by atoms with van der Waals surface area (Å²) < 4.78 is 24.1. The van der Waals surface area contributed by atoms with Crippen LogP contribution in [0.2, 0.25) is 0 Å². The standard InChI is InChI=1S/C12H14N4O4S/c1-8(15-12(13)11(7-14-15)16(17)18)9-3-5-10(6-4-9)21(2,19)20/h3-8H,13H2,1-2H3. The minimum atomic E-state index is -3.26. The molecule has 0 saturated carbocycles. The summed E-state index contributed by atoms with van der Waals surface area (Å²) in [5, 5.41) is 14.7. The van der Waals surface area contributed by atoms with Crippen molar-refractivity contribution in [3.8, 4) is 0 Å². The van der Waals surface area contributed by atoms with Crippen LogP contribution in [-0.4, -0.2) is 29.4 Å². The maximum atomic E-state index is 11.4. The Kier molecular flexibility index (Phi) is 3.69. The van der Waals surface area contributed by atoms with Crippen LogP contribution in [0.4, 0.5) is 11.5 Å². The predicted molar refractivity (Wildman–Crippen MR) is 76.7 cm³/mol. The van der Waals surface area contributed by atoms with E-state index in [0.29, 0.717) is 0 Å². The maximum absolute atomic E-state index is 11.4. The van der Waals surface area contributed by atoms with Gasteiger partial charge in [-0.3, -0.25) is 10.1 Å². The van der Waals surface area contributed by atoms with Crippen LogP contribution in [-0.2, 0) is 9.84 Å². The predicted octanol–water partition coefficient (Wildman–Crippen LogP) is 1.39. The van der Waals surface area contributed by atoms with Gasteiger partial charge in [-0.2, -0.15) is 5.10 Å². The second-order valence-electron chi connectivity index (χ2n) is 4.63. The van der Waals surface area contributed by atoms with Gasteiger partial charge in [0.05, 0.1) is 15.9 Å². The maximum Gasteiger partial charge on any atom is 0.330 e. The minimum Gasteiger partial charge on any atom is -0.378 e. The topological polar surface area (TPSA) is 121 Å². The van der Waals surface area contributed by atoms with Crippen molar-refractivity contribution in [2.75, 3.05) is 12.0 Å². The number of nitro groups is 1. The van der Waals surface area contributed by atoms with Crippen LogP contribution in [0.25, 0.3) is 0 Å². The third-order valence-corrected chi connectivity index (χ3v) is 4.30. The Morgan fingerprint density at radius 2 is 1.90 bits per heavy atom. The Balaban J connectivity index is 2.36. The van der Waals surface area contributed by atoms with Gasteiger partial charge in [-0.25, -0.2) is 13.1 Å². The second-order valence-corrected chi connectivity index (χ2v) is 6.65. The lowest BCUT2D eigenvalue weighted by atomic mass is 10.1. The summed E-state index contributed by atoms with van der Waals surface area (Å²) in [6.07, 6.45) is 2.22. The van der Waals surface area contributed by atoms with E-state index in [1.807, 2.05) is 0 Å². The monoisotopic (exact) mass is 310 g/mol. The molecule has 0 aliphatic rings. The summed E-state index contributed by atoms with van der Waals surface area (Å²) in [6, 6.07) is 5.87. The molecule has 0 fully saturated rings. The van der Waals surface area contributed by atoms with E-state index in [-0.39, 0.29) is 22.4 Å². The van der Waals surface area contributed by atoms with Crippen molar-refractivity contribution < 1.29 is 13.3 Å². The highest BCUT2D eigenvalue weighted by molar-refractivity contribution is 7.90. The minimum absolute atomic E-state index is 0.0420. The summed E-state index contributed by atoms with van der Waals surface area (Å²) in [6.45, 7) is 1.77. The van der Waals surface area contributed by atoms with Crippen LogP contribution in [0.5, 0.6) is 0 Å². The first-order valence-electron chi connectivity index (χ1n) is 5.99. The molecule has 0 spiro atoms. The van der Waals surface area contributed by atoms with Gasteiger partial charge >= 0.3 is 5.69 Å². The summed E-state index contributed by atoms with van der Waals surface area (Å²) in [4.78, 5) is 10.4. The van der Waals surface area contributed by atoms with Crippen molar-refractivity contribution in [1.29, 1.82) is 0 Å². The fourth-order valence-corrected chi connectivity index (χ4v) is 2.58. The Bertz CT molecular complexity index is 780. The molecule has 112 valence electrons. The number of aromatic nitrogens is 2. The summed E-state index contributed by atoms with van der Waals surface area (Å²) in [5.41, 5.74) is 6.19. The van der Waals surface area contributed by atoms with E-state index >= 15 is 0 Å². The van der Waals surface area contributed by atoms with Crippen molar-refractivity contribution in [2.45, 2.75) is 17.9 Å². The zero-order valence-corrected chi connectivity index (χ0v) is 12.2. The number of benzene rings is 1. The van der Waals surface area contributed by atoms with Crippen LogP contribution in [0, 0.1) is 10.1 Å². The van der Waals surface area contributed by atoms with Gasteiger partial charge in [-0.1, -0.05) is 12.1 Å². The number of nitrogens with two attached hydrogens (primary N) is 1. The third-order valence-electron chi connectivity index (χ3n) is 3.17. The molecular weight excluding hydrogens is 296 g/mol. The number of sulfone groups is 1. The average Bonchev–Trinajstić information content (AvgIpc) is 2.79. The van der Waals surface area contributed by atoms with Crippen molar-refractivity contribution in [1.82, 2.24) is 9.78 Å². The molecule has 8 nitrogen and oxygen atoms in total. The molecule has 0 radical (unpaired) electrons. The van der Waals surface area contributed by atoms with Crippen molar-refractivity contribution in [3.05, 3.63) is 46.1 Å². The fraction of sp³-hybridized carbons (Fsp3) is 0.250. The van der Waals surface area contributed by atoms with Crippen molar-refractivity contribution in [3.63, 3.8) is 0 Å². The van der Waals surface area contributed by atoms with Gasteiger partial charge in [0.25, 0.3) is 0 Å². The molecule has 21 heavy (non-hydrogen) atoms. The zero-order chi connectivity index (χ0) is 15.8. The number of hydrogen-bond acceptors (Lipinski definition) is 6. The molecule has 1 unspecified atom stereocenters. The van der Waals surface area contributed by atoms with E-state index in [0.717, 1.165) is 18.0 Å². The molecule has 2 aromatic rings. The lowest BCUT2D eigenvalue weighted by Gasteiger charge is -2.14. The number of nitrogen functional groups attached to an aromatic ring is 1. The van der Waals surface area contributed by atoms with Gasteiger partial charge in [0, 0.05) is 6.26 Å². The number of anilines is 1. The van der Waals surface area contributed by atoms with Crippen molar-refractivity contribution >= 4 is 21.3 Å². The van der Waals surface area contributed by atoms with Crippen molar-refractivity contribution in [2.24, 2.45) is 0 Å². The van der Waals surface area contributed by atoms with Gasteiger partial charge in [-0.15, -0.1) is 0 Å². The normalized spacial score (nSPS) is 13.0. The van der Waals surface area contributed by atoms with E-state index in [2.05, 4.69) is 5.10 Å². The summed E-state index contributed by atoms with van der Waals surface area (Å²) in [5.74, 6) is -0.0420. The molecular formula is C12H14N4O4S. The Labute approximate surface area is 121 Å². The Morgan fingerprint density at radius 1 is 1.33 bits per heavy atom. The SMILES string of the molecule is CC(c1ccc(S(C)(=O)=O)cc1)n1ncc([N+](=O)[O-])c1N. The van der Waals surface area contributed by atoms with E-state index in [9.17, 15) is 18.5 Å². The molecule has 0 aliphatic carbocycles. The van der Waals surface area contributed by atoms with E-state index in [1.54, 1.807) is 19.1 Å². The quantitative estimate of drug-likeness (QED) is 0.672. The van der Waals surface area contributed by atoms with Gasteiger partial charge in [-0.05, 0) is 24.6 Å². The fourth-order valence-electron chi connectivity index (χ4n) is 1.95. The molecule has 1 atom stereocenters. The highest BCUT2D eigenvalue weighted by Crippen LogP contribution is 2.27. The zero-order valence-electron chi connectivity index (χ0n) is 11.4. The molecule has 0 saturated heterocycles. The van der Waals surface area contributed by atoms with Gasteiger partial charge in [0.15, 0.2) is 9.84 Å². The first-order chi connectivity index (χ1) is 9.71. The molecule has 2 rings (SSSR count). The number of rotatable bonds is 4. The smallest absolute Gasteiger partial charge is 0.330 e. The van der Waals surface area contributed by atoms with Crippen LogP contribution >= 0.6 is 0 Å². The summed E-state index contributed by atoms with van der Waals surface area (Å²) in [7, 11) is -3.26. The second kappa shape index (κ2) is 5.17. The van der Waals surface area contributed by atoms with Crippen LogP contribution in [0.15, 0.2) is 35.4 Å². The highest BCUT2D eigenvalue weighted by atomic mass is 32.2. The Hall–Kier alpha value is -2.42. The molecule has 2 N–H and O–H groups in total. The first-order valence-corrected chi connectivity index (χ1v) is 7.88. The average molecular weight is 310 g/mol. The number of hydrogen-bond donors (Lipinski definition) is 1. The Morgan fingerprint density at radius 3 is 2.33 bits per heavy atom.